The van der Waals surface area contributed by atoms with Crippen LogP contribution in [0.15, 0.2) is 10.4 Å². The maximum Gasteiger partial charge on any atom is 0.191 e. The Bertz CT molecular complexity index is 531. The van der Waals surface area contributed by atoms with E-state index in [9.17, 15) is 0 Å². The lowest BCUT2D eigenvalue weighted by atomic mass is 9.97. The molecule has 2 N–H and O–H groups in total. The Kier molecular flexibility index (Phi) is 8.92. The van der Waals surface area contributed by atoms with E-state index in [0.29, 0.717) is 5.92 Å². The summed E-state index contributed by atoms with van der Waals surface area (Å²) in [6.07, 6.45) is 7.62. The first-order chi connectivity index (χ1) is 11.7. The zero-order chi connectivity index (χ0) is 16.8. The van der Waals surface area contributed by atoms with Gasteiger partial charge in [0.05, 0.1) is 10.7 Å². The summed E-state index contributed by atoms with van der Waals surface area (Å²) in [5.41, 5.74) is 7.45. The van der Waals surface area contributed by atoms with Crippen LogP contribution in [0.3, 0.4) is 0 Å². The third-order valence-corrected chi connectivity index (χ3v) is 6.02. The van der Waals surface area contributed by atoms with Crippen LogP contribution >= 0.6 is 35.3 Å². The van der Waals surface area contributed by atoms with Gasteiger partial charge in [0.1, 0.15) is 0 Å². The highest BCUT2D eigenvalue weighted by Crippen LogP contribution is 2.20. The Morgan fingerprint density at radius 2 is 1.88 bits per heavy atom. The highest BCUT2D eigenvalue weighted by Gasteiger charge is 2.20. The Balaban J connectivity index is 0.00000225. The summed E-state index contributed by atoms with van der Waals surface area (Å²) in [5.74, 6) is 1.46. The fourth-order valence-electron chi connectivity index (χ4n) is 3.66. The van der Waals surface area contributed by atoms with E-state index < -0.39 is 0 Å². The first-order valence-electron chi connectivity index (χ1n) is 9.39. The molecule has 0 bridgehead atoms. The number of piperidine rings is 1. The largest absolute Gasteiger partial charge is 0.370 e. The minimum atomic E-state index is 0. The van der Waals surface area contributed by atoms with Crippen LogP contribution in [-0.2, 0) is 6.54 Å². The van der Waals surface area contributed by atoms with Gasteiger partial charge >= 0.3 is 0 Å². The fraction of sp³-hybridized carbons (Fsp3) is 0.778. The van der Waals surface area contributed by atoms with Crippen molar-refractivity contribution in [3.63, 3.8) is 0 Å². The SMILES string of the molecule is Cc1nc(CN2CCC(CN=C(N)N3CCCCCC3)CC2)cs1.I. The van der Waals surface area contributed by atoms with E-state index in [-0.39, 0.29) is 24.0 Å². The molecule has 3 rings (SSSR count). The molecule has 7 heteroatoms. The molecule has 0 aliphatic carbocycles. The number of hydrogen-bond acceptors (Lipinski definition) is 4. The summed E-state index contributed by atoms with van der Waals surface area (Å²) in [4.78, 5) is 14.1. The van der Waals surface area contributed by atoms with Crippen LogP contribution in [0.25, 0.3) is 0 Å². The van der Waals surface area contributed by atoms with E-state index in [1.165, 1.54) is 49.2 Å². The van der Waals surface area contributed by atoms with Gasteiger partial charge in [-0.1, -0.05) is 12.8 Å². The topological polar surface area (TPSA) is 57.8 Å². The molecule has 0 spiro atoms. The van der Waals surface area contributed by atoms with Crippen LogP contribution in [0.2, 0.25) is 0 Å². The lowest BCUT2D eigenvalue weighted by Gasteiger charge is -2.31. The molecule has 2 aliphatic heterocycles. The number of aliphatic imine (C=N–C) groups is 1. The van der Waals surface area contributed by atoms with Gasteiger partial charge in [0, 0.05) is 31.6 Å². The van der Waals surface area contributed by atoms with Crippen molar-refractivity contribution in [1.82, 2.24) is 14.8 Å². The standard InChI is InChI=1S/C18H31N5S.HI/c1-15-21-17(14-24-15)13-22-10-6-16(7-11-22)12-20-18(19)23-8-4-2-3-5-9-23;/h14,16H,2-13H2,1H3,(H2,19,20);1H. The second-order valence-corrected chi connectivity index (χ2v) is 8.24. The summed E-state index contributed by atoms with van der Waals surface area (Å²) in [6.45, 7) is 8.44. The maximum atomic E-state index is 6.23. The van der Waals surface area contributed by atoms with Crippen molar-refractivity contribution in [1.29, 1.82) is 0 Å². The molecule has 0 unspecified atom stereocenters. The summed E-state index contributed by atoms with van der Waals surface area (Å²) >= 11 is 1.75. The average molecular weight is 477 g/mol. The number of nitrogens with zero attached hydrogens (tertiary/aromatic N) is 4. The van der Waals surface area contributed by atoms with E-state index in [0.717, 1.165) is 45.2 Å². The van der Waals surface area contributed by atoms with E-state index in [4.69, 9.17) is 10.7 Å². The van der Waals surface area contributed by atoms with Gasteiger partial charge in [0.25, 0.3) is 0 Å². The molecule has 0 amide bonds. The third kappa shape index (κ3) is 6.67. The van der Waals surface area contributed by atoms with Crippen molar-refractivity contribution in [3.8, 4) is 0 Å². The molecule has 25 heavy (non-hydrogen) atoms. The number of aryl methyl sites for hydroxylation is 1. The van der Waals surface area contributed by atoms with Crippen LogP contribution in [0.4, 0.5) is 0 Å². The predicted octanol–water partition coefficient (Wildman–Crippen LogP) is 3.47. The first-order valence-corrected chi connectivity index (χ1v) is 10.3. The minimum Gasteiger partial charge on any atom is -0.370 e. The van der Waals surface area contributed by atoms with E-state index in [1.54, 1.807) is 11.3 Å². The summed E-state index contributed by atoms with van der Waals surface area (Å²) in [6, 6.07) is 0. The molecule has 0 saturated carbocycles. The summed E-state index contributed by atoms with van der Waals surface area (Å²) < 4.78 is 0. The number of nitrogens with two attached hydrogens (primary N) is 1. The molecule has 0 aromatic carbocycles. The number of rotatable bonds is 4. The lowest BCUT2D eigenvalue weighted by molar-refractivity contribution is 0.179. The molecule has 2 fully saturated rings. The van der Waals surface area contributed by atoms with Crippen LogP contribution in [0.5, 0.6) is 0 Å². The summed E-state index contributed by atoms with van der Waals surface area (Å²) in [5, 5.41) is 3.35. The van der Waals surface area contributed by atoms with Crippen LogP contribution in [0, 0.1) is 12.8 Å². The molecule has 0 atom stereocenters. The Hall–Kier alpha value is -0.410. The van der Waals surface area contributed by atoms with Gasteiger partial charge in [-0.15, -0.1) is 35.3 Å². The van der Waals surface area contributed by atoms with Crippen LogP contribution < -0.4 is 5.73 Å². The Morgan fingerprint density at radius 3 is 2.48 bits per heavy atom. The van der Waals surface area contributed by atoms with Crippen molar-refractivity contribution in [2.24, 2.45) is 16.6 Å². The monoisotopic (exact) mass is 477 g/mol. The zero-order valence-corrected chi connectivity index (χ0v) is 18.5. The molecule has 142 valence electrons. The molecular weight excluding hydrogens is 445 g/mol. The molecule has 5 nitrogen and oxygen atoms in total. The Morgan fingerprint density at radius 1 is 1.20 bits per heavy atom. The van der Waals surface area contributed by atoms with Gasteiger partial charge in [-0.2, -0.15) is 0 Å². The number of thiazole rings is 1. The third-order valence-electron chi connectivity index (χ3n) is 5.20. The van der Waals surface area contributed by atoms with Crippen molar-refractivity contribution in [3.05, 3.63) is 16.1 Å². The molecule has 2 saturated heterocycles. The Labute approximate surface area is 173 Å². The average Bonchev–Trinajstić information content (AvgIpc) is 2.84. The van der Waals surface area contributed by atoms with Crippen molar-refractivity contribution in [2.45, 2.75) is 52.0 Å². The maximum absolute atomic E-state index is 6.23. The second-order valence-electron chi connectivity index (χ2n) is 7.18. The van der Waals surface area contributed by atoms with Gasteiger partial charge < -0.3 is 10.6 Å². The molecule has 0 radical (unpaired) electrons. The number of guanidine groups is 1. The zero-order valence-electron chi connectivity index (χ0n) is 15.3. The van der Waals surface area contributed by atoms with E-state index in [2.05, 4.69) is 27.1 Å². The number of aromatic nitrogens is 1. The van der Waals surface area contributed by atoms with Crippen LogP contribution in [0.1, 0.15) is 49.2 Å². The van der Waals surface area contributed by atoms with Gasteiger partial charge in [-0.25, -0.2) is 4.98 Å². The highest BCUT2D eigenvalue weighted by molar-refractivity contribution is 14.0. The second kappa shape index (κ2) is 10.7. The molecule has 2 aliphatic rings. The minimum absolute atomic E-state index is 0. The van der Waals surface area contributed by atoms with Gasteiger partial charge in [0.15, 0.2) is 5.96 Å². The number of hydrogen-bond donors (Lipinski definition) is 1. The molecular formula is C18H32IN5S. The van der Waals surface area contributed by atoms with Crippen molar-refractivity contribution < 1.29 is 0 Å². The molecule has 1 aromatic rings. The van der Waals surface area contributed by atoms with E-state index >= 15 is 0 Å². The predicted molar refractivity (Wildman–Crippen MR) is 117 cm³/mol. The number of likely N-dealkylation sites (tertiary alicyclic amines) is 2. The van der Waals surface area contributed by atoms with E-state index in [1.807, 2.05) is 0 Å². The smallest absolute Gasteiger partial charge is 0.191 e. The van der Waals surface area contributed by atoms with Gasteiger partial charge in [-0.05, 0) is 51.6 Å². The number of halogens is 1. The van der Waals surface area contributed by atoms with Crippen molar-refractivity contribution in [2.75, 3.05) is 32.7 Å². The van der Waals surface area contributed by atoms with Crippen molar-refractivity contribution >= 4 is 41.3 Å². The highest BCUT2D eigenvalue weighted by atomic mass is 127. The fourth-order valence-corrected chi connectivity index (χ4v) is 4.26. The molecule has 1 aromatic heterocycles. The first kappa shape index (κ1) is 20.9. The van der Waals surface area contributed by atoms with Crippen LogP contribution in [-0.4, -0.2) is 53.5 Å². The molecule has 3 heterocycles. The lowest BCUT2D eigenvalue weighted by Crippen LogP contribution is -2.39. The quantitative estimate of drug-likeness (QED) is 0.410. The normalized spacial score (nSPS) is 21.0. The van der Waals surface area contributed by atoms with Gasteiger partial charge in [0.2, 0.25) is 0 Å². The summed E-state index contributed by atoms with van der Waals surface area (Å²) in [7, 11) is 0. The van der Waals surface area contributed by atoms with Gasteiger partial charge in [-0.3, -0.25) is 9.89 Å².